The van der Waals surface area contributed by atoms with Gasteiger partial charge in [0.25, 0.3) is 5.96 Å². The van der Waals surface area contributed by atoms with Gasteiger partial charge in [-0.15, -0.1) is 5.10 Å². The number of nitro groups is 1. The number of nitrogens with zero attached hydrogens (tertiary/aromatic N) is 5. The van der Waals surface area contributed by atoms with Crippen LogP contribution in [-0.2, 0) is 0 Å². The second-order valence-electron chi connectivity index (χ2n) is 2.51. The fraction of sp³-hybridized carbons (Fsp3) is 0.200. The summed E-state index contributed by atoms with van der Waals surface area (Å²) in [7, 11) is 0. The van der Waals surface area contributed by atoms with Crippen LogP contribution in [0.5, 0.6) is 0 Å². The molecule has 1 N–H and O–H groups in total. The number of hydrogen-bond donors (Lipinski definition) is 1. The fourth-order valence-electron chi connectivity index (χ4n) is 1.10. The molecule has 0 unspecified atom stereocenters. The number of carbonyl (C=O) groups excluding carboxylic acids is 1. The van der Waals surface area contributed by atoms with Gasteiger partial charge in [0, 0.05) is 6.26 Å². The Kier molecular flexibility index (Phi) is 2.11. The Morgan fingerprint density at radius 2 is 2.33 bits per heavy atom. The molecule has 0 radical (unpaired) electrons. The quantitative estimate of drug-likeness (QED) is 0.399. The highest BCUT2D eigenvalue weighted by Crippen LogP contribution is 2.17. The second kappa shape index (κ2) is 3.31. The van der Waals surface area contributed by atoms with Gasteiger partial charge in [0.1, 0.15) is 0 Å². The number of urea groups is 1. The van der Waals surface area contributed by atoms with E-state index in [1.165, 1.54) is 28.8 Å². The molecule has 9 nitrogen and oxygen atoms in total. The third kappa shape index (κ3) is 1.44. The number of hydrazone groups is 1. The lowest BCUT2D eigenvalue weighted by molar-refractivity contribution is -0.661. The molecule has 0 atom stereocenters. The summed E-state index contributed by atoms with van der Waals surface area (Å²) in [6.07, 6.45) is 4.66. The van der Waals surface area contributed by atoms with E-state index in [0.29, 0.717) is 5.12 Å². The summed E-state index contributed by atoms with van der Waals surface area (Å²) in [5.41, 5.74) is 0. The Bertz CT molecular complexity index is 381. The summed E-state index contributed by atoms with van der Waals surface area (Å²) in [4.78, 5) is 21.7. The fourth-order valence-corrected chi connectivity index (χ4v) is 1.43. The molecule has 0 bridgehead atoms. The molecule has 0 aromatic heterocycles. The van der Waals surface area contributed by atoms with E-state index in [2.05, 4.69) is 10.4 Å². The lowest BCUT2D eigenvalue weighted by atomic mass is 10.7. The molecule has 0 aromatic rings. The van der Waals surface area contributed by atoms with Gasteiger partial charge >= 0.3 is 6.03 Å². The topological polar surface area (TPSA) is 94.3 Å². The van der Waals surface area contributed by atoms with Crippen molar-refractivity contribution in [3.8, 4) is 0 Å². The normalized spacial score (nSPS) is 18.9. The molecule has 10 heteroatoms. The lowest BCUT2D eigenvalue weighted by Gasteiger charge is -2.20. The Balaban J connectivity index is 2.28. The van der Waals surface area contributed by atoms with Gasteiger partial charge in [0.05, 0.1) is 17.5 Å². The van der Waals surface area contributed by atoms with Crippen LogP contribution in [0.15, 0.2) is 17.5 Å². The van der Waals surface area contributed by atoms with E-state index in [1.54, 1.807) is 6.26 Å². The van der Waals surface area contributed by atoms with E-state index < -0.39 is 11.1 Å². The first kappa shape index (κ1) is 9.58. The van der Waals surface area contributed by atoms with Crippen LogP contribution in [0.2, 0.25) is 0 Å². The molecule has 0 saturated carbocycles. The van der Waals surface area contributed by atoms with E-state index in [-0.39, 0.29) is 5.96 Å². The average Bonchev–Trinajstić information content (AvgIpc) is 2.52. The number of amides is 2. The monoisotopic (exact) mass is 230 g/mol. The minimum Gasteiger partial charge on any atom is -0.268 e. The Labute approximate surface area is 88.2 Å². The van der Waals surface area contributed by atoms with E-state index >= 15 is 0 Å². The summed E-state index contributed by atoms with van der Waals surface area (Å²) in [6.45, 7) is 0. The van der Waals surface area contributed by atoms with Crippen molar-refractivity contribution in [1.29, 1.82) is 0 Å². The highest BCUT2D eigenvalue weighted by atomic mass is 32.2. The third-order valence-electron chi connectivity index (χ3n) is 1.69. The smallest absolute Gasteiger partial charge is 0.268 e. The van der Waals surface area contributed by atoms with Gasteiger partial charge in [-0.3, -0.25) is 5.32 Å². The summed E-state index contributed by atoms with van der Waals surface area (Å²) >= 11 is 1.30. The summed E-state index contributed by atoms with van der Waals surface area (Å²) < 4.78 is 1.47. The number of guanidine groups is 1. The molecular weight excluding hydrogens is 224 g/mol. The second-order valence-corrected chi connectivity index (χ2v) is 3.25. The van der Waals surface area contributed by atoms with Crippen LogP contribution in [0.3, 0.4) is 0 Å². The largest absolute Gasteiger partial charge is 0.408 e. The van der Waals surface area contributed by atoms with E-state index in [4.69, 9.17) is 0 Å². The minimum absolute atomic E-state index is 0.105. The van der Waals surface area contributed by atoms with Crippen molar-refractivity contribution >= 4 is 23.9 Å². The average molecular weight is 230 g/mol. The lowest BCUT2D eigenvalue weighted by Crippen LogP contribution is -2.42. The predicted molar refractivity (Wildman–Crippen MR) is 51.1 cm³/mol. The van der Waals surface area contributed by atoms with Crippen molar-refractivity contribution in [2.45, 2.75) is 0 Å². The predicted octanol–water partition coefficient (Wildman–Crippen LogP) is -0.244. The molecule has 1 saturated heterocycles. The van der Waals surface area contributed by atoms with Crippen LogP contribution in [-0.4, -0.2) is 37.8 Å². The molecule has 0 spiro atoms. The molecule has 1 fully saturated rings. The van der Waals surface area contributed by atoms with E-state index in [0.717, 1.165) is 5.01 Å². The maximum absolute atomic E-state index is 11.2. The van der Waals surface area contributed by atoms with E-state index in [9.17, 15) is 14.9 Å². The first-order valence-electron chi connectivity index (χ1n) is 3.78. The molecule has 2 aliphatic rings. The van der Waals surface area contributed by atoms with Crippen LogP contribution in [0.4, 0.5) is 4.79 Å². The van der Waals surface area contributed by atoms with Gasteiger partial charge in [-0.25, -0.2) is 19.3 Å². The third-order valence-corrected chi connectivity index (χ3v) is 2.27. The van der Waals surface area contributed by atoms with E-state index in [1.807, 2.05) is 0 Å². The van der Waals surface area contributed by atoms with Crippen LogP contribution in [0, 0.1) is 10.1 Å². The maximum atomic E-state index is 11.2. The van der Waals surface area contributed by atoms with Crippen LogP contribution < -0.4 is 5.32 Å². The Morgan fingerprint density at radius 3 is 2.93 bits per heavy atom. The molecule has 2 rings (SSSR count). The summed E-state index contributed by atoms with van der Waals surface area (Å²) in [5, 5.41) is 17.3. The standard InChI is InChI=1S/C5H6N6O3S/c1-15-9-3-2-8-4(7-9)6-5(12)10(8)11(13)14/h2-3H,1H3,(H,6,7,12). The van der Waals surface area contributed by atoms with Crippen molar-refractivity contribution < 1.29 is 9.83 Å². The van der Waals surface area contributed by atoms with Gasteiger partial charge < -0.3 is 0 Å². The van der Waals surface area contributed by atoms with Crippen molar-refractivity contribution in [2.75, 3.05) is 6.26 Å². The SMILES string of the molecule is CSN1C=CN2C(=N1)NC(=O)N2[N+](=O)[O-]. The highest BCUT2D eigenvalue weighted by Gasteiger charge is 2.43. The van der Waals surface area contributed by atoms with Crippen molar-refractivity contribution in [3.05, 3.63) is 22.5 Å². The van der Waals surface area contributed by atoms with Gasteiger partial charge in [-0.2, -0.15) is 5.01 Å². The number of hydrazine groups is 2. The molecular formula is C5H6N6O3S. The number of carbonyl (C=O) groups is 1. The van der Waals surface area contributed by atoms with Crippen LogP contribution in [0.1, 0.15) is 0 Å². The van der Waals surface area contributed by atoms with Crippen molar-refractivity contribution in [3.63, 3.8) is 0 Å². The van der Waals surface area contributed by atoms with Crippen molar-refractivity contribution in [2.24, 2.45) is 5.10 Å². The maximum Gasteiger partial charge on any atom is 0.408 e. The molecule has 2 amide bonds. The molecule has 2 heterocycles. The molecule has 0 aliphatic carbocycles. The van der Waals surface area contributed by atoms with Crippen molar-refractivity contribution in [1.82, 2.24) is 19.9 Å². The van der Waals surface area contributed by atoms with Gasteiger partial charge in [0.2, 0.25) is 0 Å². The minimum atomic E-state index is -0.841. The zero-order valence-corrected chi connectivity index (χ0v) is 8.34. The molecule has 15 heavy (non-hydrogen) atoms. The summed E-state index contributed by atoms with van der Waals surface area (Å²) in [6, 6.07) is -0.841. The number of rotatable bonds is 2. The molecule has 2 aliphatic heterocycles. The zero-order valence-electron chi connectivity index (χ0n) is 7.52. The zero-order chi connectivity index (χ0) is 11.0. The van der Waals surface area contributed by atoms with Crippen LogP contribution in [0.25, 0.3) is 0 Å². The van der Waals surface area contributed by atoms with Gasteiger partial charge in [0.15, 0.2) is 5.03 Å². The number of nitrogens with one attached hydrogen (secondary N) is 1. The Morgan fingerprint density at radius 1 is 1.60 bits per heavy atom. The molecule has 0 aromatic carbocycles. The van der Waals surface area contributed by atoms with Crippen LogP contribution >= 0.6 is 11.9 Å². The molecule has 80 valence electrons. The van der Waals surface area contributed by atoms with Gasteiger partial charge in [-0.1, -0.05) is 0 Å². The highest BCUT2D eigenvalue weighted by molar-refractivity contribution is 7.96. The number of hydrogen-bond acceptors (Lipinski definition) is 7. The first-order valence-corrected chi connectivity index (χ1v) is 4.96. The number of fused-ring (bicyclic) bond motifs is 1. The Hall–Kier alpha value is -1.97. The summed E-state index contributed by atoms with van der Waals surface area (Å²) in [5.74, 6) is 0.105. The first-order chi connectivity index (χ1) is 7.13. The van der Waals surface area contributed by atoms with Gasteiger partial charge in [-0.05, 0) is 11.9 Å².